The molecule has 1 atom stereocenters. The third kappa shape index (κ3) is 3.02. The van der Waals surface area contributed by atoms with Crippen LogP contribution >= 0.6 is 11.3 Å². The number of nitrogens with two attached hydrogens (primary N) is 1. The molecule has 0 radical (unpaired) electrons. The molecule has 2 aromatic rings. The molecule has 1 aliphatic rings. The topological polar surface area (TPSA) is 51.4 Å². The van der Waals surface area contributed by atoms with Crippen LogP contribution in [0.15, 0.2) is 23.6 Å². The number of benzene rings is 1. The van der Waals surface area contributed by atoms with Crippen molar-refractivity contribution in [2.24, 2.45) is 5.73 Å². The van der Waals surface area contributed by atoms with Gasteiger partial charge in [0, 0.05) is 42.2 Å². The van der Waals surface area contributed by atoms with Crippen LogP contribution in [0.25, 0.3) is 0 Å². The second-order valence-corrected chi connectivity index (χ2v) is 6.68. The fourth-order valence-electron chi connectivity index (χ4n) is 3.23. The molecule has 0 saturated heterocycles. The summed E-state index contributed by atoms with van der Waals surface area (Å²) in [7, 11) is 1.74. The minimum absolute atomic E-state index is 0.308. The van der Waals surface area contributed by atoms with Crippen LogP contribution in [0.2, 0.25) is 0 Å². The van der Waals surface area contributed by atoms with Gasteiger partial charge in [-0.3, -0.25) is 4.90 Å². The predicted molar refractivity (Wildman–Crippen MR) is 90.4 cm³/mol. The number of aromatic nitrogens is 1. The fraction of sp³-hybridized carbons (Fsp3) is 0.471. The van der Waals surface area contributed by atoms with Crippen molar-refractivity contribution < 1.29 is 4.74 Å². The summed E-state index contributed by atoms with van der Waals surface area (Å²) in [6.45, 7) is 4.67. The van der Waals surface area contributed by atoms with Gasteiger partial charge in [0.05, 0.1) is 12.1 Å². The quantitative estimate of drug-likeness (QED) is 0.890. The van der Waals surface area contributed by atoms with E-state index in [-0.39, 0.29) is 0 Å². The highest BCUT2D eigenvalue weighted by Crippen LogP contribution is 2.38. The van der Waals surface area contributed by atoms with Crippen LogP contribution in [0.4, 0.5) is 0 Å². The summed E-state index contributed by atoms with van der Waals surface area (Å²) in [4.78, 5) is 7.00. The van der Waals surface area contributed by atoms with Gasteiger partial charge < -0.3 is 10.5 Å². The Kier molecular flexibility index (Phi) is 4.76. The van der Waals surface area contributed by atoms with Crippen molar-refractivity contribution in [3.05, 3.63) is 45.4 Å². The Labute approximate surface area is 135 Å². The summed E-state index contributed by atoms with van der Waals surface area (Å²) in [6, 6.07) is 6.58. The molecule has 1 aromatic carbocycles. The molecular weight excluding hydrogens is 294 g/mol. The Bertz CT molecular complexity index is 641. The number of hydrogen-bond acceptors (Lipinski definition) is 5. The fourth-order valence-corrected chi connectivity index (χ4v) is 4.05. The first-order valence-corrected chi connectivity index (χ1v) is 8.61. The second-order valence-electron chi connectivity index (χ2n) is 5.74. The molecule has 0 amide bonds. The van der Waals surface area contributed by atoms with Gasteiger partial charge in [-0.15, -0.1) is 11.3 Å². The maximum absolute atomic E-state index is 6.02. The number of rotatable bonds is 6. The smallest absolute Gasteiger partial charge is 0.123 e. The normalized spacial score (nSPS) is 17.7. The van der Waals surface area contributed by atoms with E-state index in [1.54, 1.807) is 18.4 Å². The van der Waals surface area contributed by atoms with Crippen LogP contribution in [0.1, 0.15) is 34.3 Å². The van der Waals surface area contributed by atoms with Gasteiger partial charge >= 0.3 is 0 Å². The largest absolute Gasteiger partial charge is 0.496 e. The van der Waals surface area contributed by atoms with Crippen LogP contribution in [0.5, 0.6) is 5.75 Å². The van der Waals surface area contributed by atoms with Crippen LogP contribution in [0.3, 0.4) is 0 Å². The molecule has 1 aromatic heterocycles. The molecule has 2 N–H and O–H groups in total. The zero-order chi connectivity index (χ0) is 15.5. The van der Waals surface area contributed by atoms with E-state index in [0.29, 0.717) is 12.6 Å². The maximum Gasteiger partial charge on any atom is 0.123 e. The van der Waals surface area contributed by atoms with Gasteiger partial charge in [-0.05, 0) is 31.5 Å². The van der Waals surface area contributed by atoms with Gasteiger partial charge in [-0.2, -0.15) is 0 Å². The molecule has 0 spiro atoms. The van der Waals surface area contributed by atoms with E-state index in [1.165, 1.54) is 16.1 Å². The van der Waals surface area contributed by atoms with E-state index < -0.39 is 0 Å². The molecule has 2 heterocycles. The maximum atomic E-state index is 6.02. The van der Waals surface area contributed by atoms with E-state index in [2.05, 4.69) is 27.4 Å². The Hall–Kier alpha value is -1.43. The first-order chi connectivity index (χ1) is 10.7. The van der Waals surface area contributed by atoms with Gasteiger partial charge in [-0.25, -0.2) is 4.98 Å². The highest BCUT2D eigenvalue weighted by atomic mass is 32.1. The van der Waals surface area contributed by atoms with Gasteiger partial charge in [-0.1, -0.05) is 12.1 Å². The number of hydrogen-bond donors (Lipinski definition) is 1. The zero-order valence-electron chi connectivity index (χ0n) is 13.2. The summed E-state index contributed by atoms with van der Waals surface area (Å²) in [5, 5.41) is 3.35. The Morgan fingerprint density at radius 1 is 1.45 bits per heavy atom. The number of methoxy groups -OCH3 is 1. The molecule has 118 valence electrons. The average molecular weight is 317 g/mol. The van der Waals surface area contributed by atoms with Crippen molar-refractivity contribution in [2.45, 2.75) is 32.4 Å². The summed E-state index contributed by atoms with van der Waals surface area (Å²) in [5.74, 6) is 0.981. The standard InChI is InChI=1S/C17H23N3OS/c1-12-11-22-17(19-12)7-4-8-20-10-14-13(15(20)9-18)5-3-6-16(14)21-2/h3,5-6,11,15H,4,7-10,18H2,1-2H3. The molecule has 1 unspecified atom stereocenters. The molecule has 4 nitrogen and oxygen atoms in total. The van der Waals surface area contributed by atoms with Crippen LogP contribution < -0.4 is 10.5 Å². The third-order valence-corrected chi connectivity index (χ3v) is 5.30. The lowest BCUT2D eigenvalue weighted by Crippen LogP contribution is -2.29. The van der Waals surface area contributed by atoms with Crippen LogP contribution in [-0.4, -0.2) is 30.1 Å². The predicted octanol–water partition coefficient (Wildman–Crippen LogP) is 2.91. The van der Waals surface area contributed by atoms with E-state index in [9.17, 15) is 0 Å². The lowest BCUT2D eigenvalue weighted by atomic mass is 10.0. The molecule has 5 heteroatoms. The molecule has 22 heavy (non-hydrogen) atoms. The molecular formula is C17H23N3OS. The van der Waals surface area contributed by atoms with E-state index in [0.717, 1.165) is 37.4 Å². The highest BCUT2D eigenvalue weighted by Gasteiger charge is 2.30. The molecule has 0 aliphatic carbocycles. The first kappa shape index (κ1) is 15.5. The third-order valence-electron chi connectivity index (χ3n) is 4.28. The number of ether oxygens (including phenoxy) is 1. The van der Waals surface area contributed by atoms with Crippen molar-refractivity contribution >= 4 is 11.3 Å². The van der Waals surface area contributed by atoms with Crippen molar-refractivity contribution in [1.29, 1.82) is 0 Å². The molecule has 0 saturated carbocycles. The Balaban J connectivity index is 1.65. The highest BCUT2D eigenvalue weighted by molar-refractivity contribution is 7.09. The second kappa shape index (κ2) is 6.77. The molecule has 1 aliphatic heterocycles. The van der Waals surface area contributed by atoms with E-state index in [1.807, 2.05) is 13.0 Å². The van der Waals surface area contributed by atoms with Crippen molar-refractivity contribution in [1.82, 2.24) is 9.88 Å². The molecule has 0 bridgehead atoms. The average Bonchev–Trinajstić information content (AvgIpc) is 3.10. The number of nitrogens with zero attached hydrogens (tertiary/aromatic N) is 2. The summed E-state index contributed by atoms with van der Waals surface area (Å²) < 4.78 is 5.50. The van der Waals surface area contributed by atoms with Gasteiger partial charge in [0.1, 0.15) is 5.75 Å². The zero-order valence-corrected chi connectivity index (χ0v) is 14.0. The van der Waals surface area contributed by atoms with Gasteiger partial charge in [0.2, 0.25) is 0 Å². The first-order valence-electron chi connectivity index (χ1n) is 7.74. The molecule has 3 rings (SSSR count). The van der Waals surface area contributed by atoms with Crippen LogP contribution in [-0.2, 0) is 13.0 Å². The minimum Gasteiger partial charge on any atom is -0.496 e. The lowest BCUT2D eigenvalue weighted by molar-refractivity contribution is 0.216. The monoisotopic (exact) mass is 317 g/mol. The summed E-state index contributed by atoms with van der Waals surface area (Å²) in [6.07, 6.45) is 2.15. The van der Waals surface area contributed by atoms with Crippen LogP contribution in [0, 0.1) is 6.92 Å². The van der Waals surface area contributed by atoms with Gasteiger partial charge in [0.25, 0.3) is 0 Å². The Morgan fingerprint density at radius 2 is 2.32 bits per heavy atom. The number of thiazole rings is 1. The van der Waals surface area contributed by atoms with E-state index >= 15 is 0 Å². The molecule has 0 fully saturated rings. The summed E-state index contributed by atoms with van der Waals surface area (Å²) in [5.41, 5.74) is 9.77. The van der Waals surface area contributed by atoms with Crippen molar-refractivity contribution in [3.8, 4) is 5.75 Å². The minimum atomic E-state index is 0.308. The Morgan fingerprint density at radius 3 is 3.00 bits per heavy atom. The van der Waals surface area contributed by atoms with Gasteiger partial charge in [0.15, 0.2) is 0 Å². The van der Waals surface area contributed by atoms with Crippen molar-refractivity contribution in [3.63, 3.8) is 0 Å². The van der Waals surface area contributed by atoms with Crippen molar-refractivity contribution in [2.75, 3.05) is 20.2 Å². The number of aryl methyl sites for hydroxylation is 2. The SMILES string of the molecule is COc1cccc2c1CN(CCCc1nc(C)cs1)C2CN. The summed E-state index contributed by atoms with van der Waals surface area (Å²) >= 11 is 1.76. The lowest BCUT2D eigenvalue weighted by Gasteiger charge is -2.23. The number of fused-ring (bicyclic) bond motifs is 1. The van der Waals surface area contributed by atoms with E-state index in [4.69, 9.17) is 10.5 Å².